The molecule has 0 atom stereocenters. The van der Waals surface area contributed by atoms with Gasteiger partial charge in [0.05, 0.1) is 32.1 Å². The van der Waals surface area contributed by atoms with E-state index in [9.17, 15) is 0 Å². The van der Waals surface area contributed by atoms with Crippen LogP contribution in [0.25, 0.3) is 0 Å². The smallest absolute Gasteiger partial charge is 0.101 e. The van der Waals surface area contributed by atoms with Crippen LogP contribution in [-0.2, 0) is 14.2 Å². The largest absolute Gasteiger partial charge is 0.364 e. The molecule has 3 rings (SSSR count). The standard InChI is InChI=1S/C7H13NO2.C5H11NO.CH4/c1-2-7-3-9-5-8(7)6-10-4-7;1-5(2)3-7-4-6-5;/h2-6H2,1H3;6H,3-4H2,1-2H3;1H4. The highest BCUT2D eigenvalue weighted by Gasteiger charge is 2.44. The number of hydrogen-bond acceptors (Lipinski definition) is 5. The third kappa shape index (κ3) is 3.42. The Morgan fingerprint density at radius 2 is 1.67 bits per heavy atom. The van der Waals surface area contributed by atoms with Crippen LogP contribution in [0.3, 0.4) is 0 Å². The molecule has 3 saturated heterocycles. The Balaban J connectivity index is 0.000000181. The van der Waals surface area contributed by atoms with E-state index in [1.165, 1.54) is 0 Å². The van der Waals surface area contributed by atoms with E-state index >= 15 is 0 Å². The summed E-state index contributed by atoms with van der Waals surface area (Å²) in [6.07, 6.45) is 1.13. The van der Waals surface area contributed by atoms with Crippen molar-refractivity contribution in [3.63, 3.8) is 0 Å². The fraction of sp³-hybridized carbons (Fsp3) is 1.00. The second-order valence-corrected chi connectivity index (χ2v) is 5.63. The predicted octanol–water partition coefficient (Wildman–Crippen LogP) is 1.39. The summed E-state index contributed by atoms with van der Waals surface area (Å²) >= 11 is 0. The van der Waals surface area contributed by atoms with Crippen molar-refractivity contribution in [1.29, 1.82) is 0 Å². The van der Waals surface area contributed by atoms with Gasteiger partial charge in [-0.05, 0) is 20.3 Å². The van der Waals surface area contributed by atoms with Crippen LogP contribution in [0.1, 0.15) is 34.6 Å². The maximum atomic E-state index is 5.35. The van der Waals surface area contributed by atoms with Gasteiger partial charge >= 0.3 is 0 Å². The van der Waals surface area contributed by atoms with Crippen molar-refractivity contribution in [2.24, 2.45) is 0 Å². The Morgan fingerprint density at radius 1 is 1.06 bits per heavy atom. The highest BCUT2D eigenvalue weighted by Crippen LogP contribution is 2.30. The molecule has 1 N–H and O–H groups in total. The second kappa shape index (κ2) is 6.30. The Bertz CT molecular complexity index is 241. The van der Waals surface area contributed by atoms with Crippen LogP contribution in [0.2, 0.25) is 0 Å². The average Bonchev–Trinajstić information content (AvgIpc) is 2.92. The summed E-state index contributed by atoms with van der Waals surface area (Å²) in [7, 11) is 0. The first kappa shape index (κ1) is 15.9. The van der Waals surface area contributed by atoms with E-state index in [2.05, 4.69) is 31.0 Å². The zero-order valence-electron chi connectivity index (χ0n) is 11.1. The monoisotopic (exact) mass is 260 g/mol. The molecule has 0 aromatic heterocycles. The molecule has 0 unspecified atom stereocenters. The minimum atomic E-state index is 0. The summed E-state index contributed by atoms with van der Waals surface area (Å²) in [6.45, 7) is 11.2. The second-order valence-electron chi connectivity index (χ2n) is 5.63. The van der Waals surface area contributed by atoms with Crippen LogP contribution in [0.5, 0.6) is 0 Å². The van der Waals surface area contributed by atoms with Gasteiger partial charge in [0, 0.05) is 5.54 Å². The Kier molecular flexibility index (Phi) is 5.55. The van der Waals surface area contributed by atoms with Crippen molar-refractivity contribution in [2.45, 2.75) is 45.7 Å². The van der Waals surface area contributed by atoms with Gasteiger partial charge < -0.3 is 14.2 Å². The molecule has 3 aliphatic rings. The molecule has 0 aliphatic carbocycles. The number of ether oxygens (including phenoxy) is 3. The first-order valence-electron chi connectivity index (χ1n) is 6.31. The maximum absolute atomic E-state index is 5.35. The van der Waals surface area contributed by atoms with Gasteiger partial charge in [-0.2, -0.15) is 0 Å². The van der Waals surface area contributed by atoms with E-state index < -0.39 is 0 Å². The van der Waals surface area contributed by atoms with Gasteiger partial charge in [0.15, 0.2) is 0 Å². The topological polar surface area (TPSA) is 43.0 Å². The molecular weight excluding hydrogens is 232 g/mol. The SMILES string of the molecule is C.CC1(C)COCN1.CCC12COCN1COC2. The molecule has 3 heterocycles. The van der Waals surface area contributed by atoms with Gasteiger partial charge in [0.1, 0.15) is 13.5 Å². The van der Waals surface area contributed by atoms with Crippen molar-refractivity contribution in [2.75, 3.05) is 40.0 Å². The number of hydrogen-bond donors (Lipinski definition) is 1. The van der Waals surface area contributed by atoms with Crippen LogP contribution in [-0.4, -0.2) is 56.0 Å². The van der Waals surface area contributed by atoms with Crippen LogP contribution < -0.4 is 5.32 Å². The quantitative estimate of drug-likeness (QED) is 0.772. The lowest BCUT2D eigenvalue weighted by Crippen LogP contribution is -2.42. The highest BCUT2D eigenvalue weighted by atomic mass is 16.6. The molecule has 0 radical (unpaired) electrons. The molecule has 0 bridgehead atoms. The number of nitrogens with zero attached hydrogens (tertiary/aromatic N) is 1. The minimum absolute atomic E-state index is 0. The lowest BCUT2D eigenvalue weighted by molar-refractivity contribution is 0.0695. The van der Waals surface area contributed by atoms with Crippen molar-refractivity contribution in [3.8, 4) is 0 Å². The Morgan fingerprint density at radius 3 is 1.94 bits per heavy atom. The molecule has 5 nitrogen and oxygen atoms in total. The van der Waals surface area contributed by atoms with Crippen LogP contribution in [0.4, 0.5) is 0 Å². The van der Waals surface area contributed by atoms with Gasteiger partial charge in [-0.1, -0.05) is 14.4 Å². The summed E-state index contributed by atoms with van der Waals surface area (Å²) in [5.74, 6) is 0. The van der Waals surface area contributed by atoms with E-state index in [0.717, 1.165) is 39.7 Å². The van der Waals surface area contributed by atoms with E-state index in [0.29, 0.717) is 6.73 Å². The van der Waals surface area contributed by atoms with Crippen molar-refractivity contribution >= 4 is 0 Å². The Labute approximate surface area is 111 Å². The zero-order valence-corrected chi connectivity index (χ0v) is 11.1. The zero-order chi connectivity index (χ0) is 12.4. The van der Waals surface area contributed by atoms with E-state index in [-0.39, 0.29) is 18.5 Å². The van der Waals surface area contributed by atoms with Crippen molar-refractivity contribution in [3.05, 3.63) is 0 Å². The number of fused-ring (bicyclic) bond motifs is 1. The van der Waals surface area contributed by atoms with Gasteiger partial charge in [-0.3, -0.25) is 5.32 Å². The average molecular weight is 260 g/mol. The van der Waals surface area contributed by atoms with Crippen LogP contribution >= 0.6 is 0 Å². The van der Waals surface area contributed by atoms with Gasteiger partial charge in [-0.15, -0.1) is 0 Å². The molecular formula is C13H28N2O3. The molecule has 18 heavy (non-hydrogen) atoms. The van der Waals surface area contributed by atoms with E-state index in [1.807, 2.05) is 0 Å². The van der Waals surface area contributed by atoms with Gasteiger partial charge in [-0.25, -0.2) is 4.90 Å². The highest BCUT2D eigenvalue weighted by molar-refractivity contribution is 4.94. The summed E-state index contributed by atoms with van der Waals surface area (Å²) in [5, 5.41) is 3.17. The first-order valence-corrected chi connectivity index (χ1v) is 6.31. The summed E-state index contributed by atoms with van der Waals surface area (Å²) in [6, 6.07) is 0. The van der Waals surface area contributed by atoms with E-state index in [4.69, 9.17) is 14.2 Å². The van der Waals surface area contributed by atoms with Crippen molar-refractivity contribution < 1.29 is 14.2 Å². The lowest BCUT2D eigenvalue weighted by atomic mass is 9.99. The predicted molar refractivity (Wildman–Crippen MR) is 71.3 cm³/mol. The number of nitrogens with one attached hydrogen (secondary N) is 1. The molecule has 0 spiro atoms. The van der Waals surface area contributed by atoms with Crippen LogP contribution in [0, 0.1) is 0 Å². The third-order valence-corrected chi connectivity index (χ3v) is 3.68. The molecule has 3 aliphatic heterocycles. The first-order chi connectivity index (χ1) is 8.08. The fourth-order valence-corrected chi connectivity index (χ4v) is 2.26. The minimum Gasteiger partial charge on any atom is -0.364 e. The molecule has 3 fully saturated rings. The molecule has 0 aromatic carbocycles. The molecule has 5 heteroatoms. The van der Waals surface area contributed by atoms with Gasteiger partial charge in [0.25, 0.3) is 0 Å². The Hall–Kier alpha value is -0.200. The number of rotatable bonds is 1. The summed E-state index contributed by atoms with van der Waals surface area (Å²) in [5.41, 5.74) is 0.458. The lowest BCUT2D eigenvalue weighted by Gasteiger charge is -2.24. The fourth-order valence-electron chi connectivity index (χ4n) is 2.26. The molecule has 0 amide bonds. The summed E-state index contributed by atoms with van der Waals surface area (Å²) in [4.78, 5) is 2.27. The van der Waals surface area contributed by atoms with Crippen LogP contribution in [0.15, 0.2) is 0 Å². The molecule has 0 saturated carbocycles. The third-order valence-electron chi connectivity index (χ3n) is 3.68. The van der Waals surface area contributed by atoms with E-state index in [1.54, 1.807) is 0 Å². The summed E-state index contributed by atoms with van der Waals surface area (Å²) < 4.78 is 15.8. The van der Waals surface area contributed by atoms with Crippen molar-refractivity contribution in [1.82, 2.24) is 10.2 Å². The molecule has 108 valence electrons. The maximum Gasteiger partial charge on any atom is 0.101 e. The van der Waals surface area contributed by atoms with Gasteiger partial charge in [0.2, 0.25) is 0 Å². The molecule has 0 aromatic rings. The normalized spacial score (nSPS) is 28.2.